The largest absolute Gasteiger partial charge is 0.303 e. The predicted molar refractivity (Wildman–Crippen MR) is 137 cm³/mol. The van der Waals surface area contributed by atoms with E-state index in [1.165, 1.54) is 24.6 Å². The number of nitrogens with zero attached hydrogens (tertiary/aromatic N) is 2. The van der Waals surface area contributed by atoms with E-state index in [1.807, 2.05) is 48.5 Å². The van der Waals surface area contributed by atoms with Gasteiger partial charge in [0.05, 0.1) is 22.7 Å². The Kier molecular flexibility index (Phi) is 7.33. The van der Waals surface area contributed by atoms with Crippen molar-refractivity contribution >= 4 is 63.0 Å². The number of thiocarbonyl (C=S) groups is 1. The molecule has 0 aromatic heterocycles. The Labute approximate surface area is 203 Å². The average molecular weight is 485 g/mol. The minimum atomic E-state index is -0.162. The Morgan fingerprint density at radius 2 is 1.62 bits per heavy atom. The van der Waals surface area contributed by atoms with Crippen LogP contribution in [-0.4, -0.2) is 27.6 Å². The number of fused-ring (bicyclic) bond motifs is 1. The Balaban J connectivity index is 1.60. The highest BCUT2D eigenvalue weighted by Gasteiger charge is 2.41. The molecule has 4 nitrogen and oxygen atoms in total. The van der Waals surface area contributed by atoms with Gasteiger partial charge in [0.25, 0.3) is 11.8 Å². The van der Waals surface area contributed by atoms with Crippen LogP contribution in [-0.2, 0) is 16.1 Å². The zero-order valence-electron chi connectivity index (χ0n) is 18.0. The van der Waals surface area contributed by atoms with Gasteiger partial charge in [-0.1, -0.05) is 98.5 Å². The Morgan fingerprint density at radius 1 is 0.906 bits per heavy atom. The lowest BCUT2D eigenvalue weighted by Gasteiger charge is -2.17. The highest BCUT2D eigenvalue weighted by molar-refractivity contribution is 8.26. The molecule has 4 rings (SSSR count). The van der Waals surface area contributed by atoms with E-state index in [-0.39, 0.29) is 11.8 Å². The van der Waals surface area contributed by atoms with Gasteiger partial charge in [0.2, 0.25) is 0 Å². The summed E-state index contributed by atoms with van der Waals surface area (Å²) in [5, 5.41) is 0.654. The fraction of sp³-hybridized carbons (Fsp3) is 0.320. The molecule has 166 valence electrons. The molecule has 0 aliphatic carbocycles. The molecule has 2 aromatic rings. The van der Waals surface area contributed by atoms with Gasteiger partial charge in [0.1, 0.15) is 4.32 Å². The third-order valence-corrected chi connectivity index (χ3v) is 7.44. The van der Waals surface area contributed by atoms with E-state index >= 15 is 0 Å². The first-order chi connectivity index (χ1) is 15.5. The second-order valence-electron chi connectivity index (χ2n) is 7.98. The number of carbonyl (C=O) groups is 2. The van der Waals surface area contributed by atoms with E-state index in [1.54, 1.807) is 9.80 Å². The summed E-state index contributed by atoms with van der Waals surface area (Å²) < 4.78 is 0.537. The zero-order valence-corrected chi connectivity index (χ0v) is 20.4. The normalized spacial score (nSPS) is 18.1. The molecule has 0 unspecified atom stereocenters. The lowest BCUT2D eigenvalue weighted by molar-refractivity contribution is -0.122. The molecule has 2 heterocycles. The molecule has 0 bridgehead atoms. The Hall–Kier alpha value is -2.15. The number of benzene rings is 2. The van der Waals surface area contributed by atoms with Gasteiger partial charge in [-0.2, -0.15) is 0 Å². The molecule has 1 fully saturated rings. The SMILES string of the molecule is CCCCCCCN1C(=O)/C(=C2/C(=O)N(Cc3ccc(Cl)cc3)c3ccccc32)SC1=S. The molecule has 2 amide bonds. The van der Waals surface area contributed by atoms with Gasteiger partial charge in [0, 0.05) is 17.1 Å². The summed E-state index contributed by atoms with van der Waals surface area (Å²) in [6.45, 7) is 3.20. The van der Waals surface area contributed by atoms with Crippen molar-refractivity contribution in [3.63, 3.8) is 0 Å². The van der Waals surface area contributed by atoms with Gasteiger partial charge in [-0.05, 0) is 30.2 Å². The molecule has 2 aromatic carbocycles. The summed E-state index contributed by atoms with van der Waals surface area (Å²) in [5.41, 5.74) is 3.03. The molecule has 0 saturated carbocycles. The number of unbranched alkanes of at least 4 members (excludes halogenated alkanes) is 4. The van der Waals surface area contributed by atoms with E-state index < -0.39 is 0 Å². The molecule has 0 spiro atoms. The van der Waals surface area contributed by atoms with Crippen LogP contribution >= 0.6 is 35.6 Å². The van der Waals surface area contributed by atoms with Crippen LogP contribution in [0.25, 0.3) is 5.57 Å². The maximum Gasteiger partial charge on any atom is 0.267 e. The molecule has 0 atom stereocenters. The molecular weight excluding hydrogens is 460 g/mol. The molecule has 2 aliphatic rings. The Morgan fingerprint density at radius 3 is 2.38 bits per heavy atom. The van der Waals surface area contributed by atoms with E-state index in [0.717, 1.165) is 36.1 Å². The summed E-state index contributed by atoms with van der Waals surface area (Å²) in [7, 11) is 0. The quantitative estimate of drug-likeness (QED) is 0.246. The zero-order chi connectivity index (χ0) is 22.7. The fourth-order valence-electron chi connectivity index (χ4n) is 4.04. The third-order valence-electron chi connectivity index (χ3n) is 5.74. The average Bonchev–Trinajstić information content (AvgIpc) is 3.22. The van der Waals surface area contributed by atoms with Gasteiger partial charge in [-0.25, -0.2) is 0 Å². The van der Waals surface area contributed by atoms with E-state index in [0.29, 0.717) is 32.9 Å². The minimum absolute atomic E-state index is 0.151. The van der Waals surface area contributed by atoms with Crippen LogP contribution in [0.4, 0.5) is 5.69 Å². The lowest BCUT2D eigenvalue weighted by atomic mass is 10.1. The van der Waals surface area contributed by atoms with Crippen molar-refractivity contribution in [2.75, 3.05) is 11.4 Å². The monoisotopic (exact) mass is 484 g/mol. The maximum atomic E-state index is 13.5. The smallest absolute Gasteiger partial charge is 0.267 e. The summed E-state index contributed by atoms with van der Waals surface area (Å²) in [6, 6.07) is 15.1. The molecule has 1 saturated heterocycles. The maximum absolute atomic E-state index is 13.5. The van der Waals surface area contributed by atoms with Crippen molar-refractivity contribution in [2.45, 2.75) is 45.6 Å². The lowest BCUT2D eigenvalue weighted by Crippen LogP contribution is -2.30. The van der Waals surface area contributed by atoms with Gasteiger partial charge in [-0.3, -0.25) is 14.5 Å². The van der Waals surface area contributed by atoms with Crippen LogP contribution in [0.3, 0.4) is 0 Å². The Bertz CT molecular complexity index is 1080. The number of hydrogen-bond acceptors (Lipinski definition) is 4. The molecule has 32 heavy (non-hydrogen) atoms. The first kappa shape index (κ1) is 23.0. The van der Waals surface area contributed by atoms with Crippen LogP contribution in [0.2, 0.25) is 5.02 Å². The predicted octanol–water partition coefficient (Wildman–Crippen LogP) is 6.43. The topological polar surface area (TPSA) is 40.6 Å². The molecular formula is C25H25ClN2O2S2. The van der Waals surface area contributed by atoms with Gasteiger partial charge >= 0.3 is 0 Å². The number of anilines is 1. The van der Waals surface area contributed by atoms with Crippen LogP contribution in [0, 0.1) is 0 Å². The summed E-state index contributed by atoms with van der Waals surface area (Å²) in [6.07, 6.45) is 5.55. The summed E-state index contributed by atoms with van der Waals surface area (Å²) >= 11 is 12.8. The molecule has 0 radical (unpaired) electrons. The van der Waals surface area contributed by atoms with Gasteiger partial charge in [0.15, 0.2) is 0 Å². The van der Waals surface area contributed by atoms with Crippen molar-refractivity contribution in [3.8, 4) is 0 Å². The second kappa shape index (κ2) is 10.2. The fourth-order valence-corrected chi connectivity index (χ4v) is 5.55. The number of halogens is 1. The standard InChI is InChI=1S/C25H25ClN2O2S2/c1-2-3-4-5-8-15-27-24(30)22(32-25(27)31)21-19-9-6-7-10-20(19)28(23(21)29)16-17-11-13-18(26)14-12-17/h6-7,9-14H,2-5,8,15-16H2,1H3/b22-21-. The van der Waals surface area contributed by atoms with E-state index in [9.17, 15) is 9.59 Å². The number of carbonyl (C=O) groups excluding carboxylic acids is 2. The number of rotatable bonds is 8. The van der Waals surface area contributed by atoms with Gasteiger partial charge in [-0.15, -0.1) is 0 Å². The minimum Gasteiger partial charge on any atom is -0.303 e. The van der Waals surface area contributed by atoms with Crippen LogP contribution < -0.4 is 4.90 Å². The first-order valence-corrected chi connectivity index (χ1v) is 12.5. The van der Waals surface area contributed by atoms with Crippen molar-refractivity contribution in [3.05, 3.63) is 69.6 Å². The van der Waals surface area contributed by atoms with Crippen LogP contribution in [0.15, 0.2) is 53.4 Å². The number of amides is 2. The van der Waals surface area contributed by atoms with E-state index in [4.69, 9.17) is 23.8 Å². The molecule has 0 N–H and O–H groups in total. The highest BCUT2D eigenvalue weighted by Crippen LogP contribution is 2.45. The number of para-hydroxylation sites is 1. The first-order valence-electron chi connectivity index (χ1n) is 10.9. The molecule has 7 heteroatoms. The van der Waals surface area contributed by atoms with Crippen molar-refractivity contribution in [2.24, 2.45) is 0 Å². The van der Waals surface area contributed by atoms with Crippen LogP contribution in [0.1, 0.15) is 50.2 Å². The number of hydrogen-bond donors (Lipinski definition) is 0. The molecule has 2 aliphatic heterocycles. The highest BCUT2D eigenvalue weighted by atomic mass is 35.5. The summed E-state index contributed by atoms with van der Waals surface area (Å²) in [4.78, 5) is 30.6. The van der Waals surface area contributed by atoms with Crippen molar-refractivity contribution in [1.82, 2.24) is 4.90 Å². The second-order valence-corrected chi connectivity index (χ2v) is 10.1. The van der Waals surface area contributed by atoms with Crippen molar-refractivity contribution < 1.29 is 9.59 Å². The third kappa shape index (κ3) is 4.63. The summed E-state index contributed by atoms with van der Waals surface area (Å²) in [5.74, 6) is -0.313. The number of thioether (sulfide) groups is 1. The van der Waals surface area contributed by atoms with Crippen molar-refractivity contribution in [1.29, 1.82) is 0 Å². The van der Waals surface area contributed by atoms with E-state index in [2.05, 4.69) is 6.92 Å². The van der Waals surface area contributed by atoms with Crippen LogP contribution in [0.5, 0.6) is 0 Å². The van der Waals surface area contributed by atoms with Gasteiger partial charge < -0.3 is 4.90 Å².